The predicted molar refractivity (Wildman–Crippen MR) is 64.1 cm³/mol. The third-order valence-corrected chi connectivity index (χ3v) is 3.60. The van der Waals surface area contributed by atoms with Crippen LogP contribution in [0.1, 0.15) is 41.9 Å². The Hall–Kier alpha value is -1.31. The van der Waals surface area contributed by atoms with Gasteiger partial charge in [0.25, 0.3) is 0 Å². The molecule has 0 radical (unpaired) electrons. The summed E-state index contributed by atoms with van der Waals surface area (Å²) < 4.78 is 5.49. The summed E-state index contributed by atoms with van der Waals surface area (Å²) in [6, 6.07) is 4.24. The Morgan fingerprint density at radius 3 is 2.62 bits per heavy atom. The van der Waals surface area contributed by atoms with Crippen LogP contribution < -0.4 is 4.74 Å². The molecule has 0 heterocycles. The molecular formula is C14H18O2. The molecule has 0 aliphatic heterocycles. The smallest absolute Gasteiger partial charge is 0.133 e. The summed E-state index contributed by atoms with van der Waals surface area (Å²) >= 11 is 0. The highest BCUT2D eigenvalue weighted by atomic mass is 16.5. The lowest BCUT2D eigenvalue weighted by molar-refractivity contribution is -0.117. The van der Waals surface area contributed by atoms with Crippen molar-refractivity contribution in [3.63, 3.8) is 0 Å². The Balaban J connectivity index is 2.40. The molecule has 0 spiro atoms. The number of rotatable bonds is 2. The number of aryl methyl sites for hydroxylation is 1. The van der Waals surface area contributed by atoms with E-state index in [0.29, 0.717) is 18.1 Å². The standard InChI is InChI=1S/C14H18O2/c1-9-4-7-13(14(16-3)10(9)2)11-5-6-12(15)8-11/h4,7,11H,5-6,8H2,1-3H3. The van der Waals surface area contributed by atoms with Gasteiger partial charge in [-0.15, -0.1) is 0 Å². The number of ketones is 1. The summed E-state index contributed by atoms with van der Waals surface area (Å²) in [5.41, 5.74) is 3.64. The van der Waals surface area contributed by atoms with Crippen molar-refractivity contribution in [2.24, 2.45) is 0 Å². The van der Waals surface area contributed by atoms with Crippen LogP contribution in [0.2, 0.25) is 0 Å². The molecule has 1 aliphatic carbocycles. The highest BCUT2D eigenvalue weighted by molar-refractivity contribution is 5.82. The van der Waals surface area contributed by atoms with Gasteiger partial charge in [-0.3, -0.25) is 4.79 Å². The summed E-state index contributed by atoms with van der Waals surface area (Å²) in [4.78, 5) is 11.3. The van der Waals surface area contributed by atoms with E-state index in [0.717, 1.165) is 18.6 Å². The number of carbonyl (C=O) groups is 1. The molecule has 1 atom stereocenters. The van der Waals surface area contributed by atoms with Crippen LogP contribution in [-0.4, -0.2) is 12.9 Å². The monoisotopic (exact) mass is 218 g/mol. The number of Topliss-reactive ketones (excluding diaryl/α,β-unsaturated/α-hetero) is 1. The second-order valence-corrected chi connectivity index (χ2v) is 4.61. The molecule has 1 aromatic carbocycles. The molecular weight excluding hydrogens is 200 g/mol. The number of hydrogen-bond donors (Lipinski definition) is 0. The van der Waals surface area contributed by atoms with E-state index < -0.39 is 0 Å². The molecule has 1 unspecified atom stereocenters. The molecule has 16 heavy (non-hydrogen) atoms. The van der Waals surface area contributed by atoms with E-state index in [2.05, 4.69) is 26.0 Å². The average molecular weight is 218 g/mol. The zero-order valence-corrected chi connectivity index (χ0v) is 10.2. The minimum absolute atomic E-state index is 0.363. The lowest BCUT2D eigenvalue weighted by Gasteiger charge is -2.17. The minimum atomic E-state index is 0.363. The summed E-state index contributed by atoms with van der Waals surface area (Å²) in [5.74, 6) is 1.71. The van der Waals surface area contributed by atoms with Gasteiger partial charge in [0.15, 0.2) is 0 Å². The van der Waals surface area contributed by atoms with Crippen molar-refractivity contribution in [1.29, 1.82) is 0 Å². The summed E-state index contributed by atoms with van der Waals surface area (Å²) in [6.45, 7) is 4.16. The molecule has 1 fully saturated rings. The zero-order valence-electron chi connectivity index (χ0n) is 10.2. The van der Waals surface area contributed by atoms with E-state index in [9.17, 15) is 4.79 Å². The zero-order chi connectivity index (χ0) is 11.7. The highest BCUT2D eigenvalue weighted by Gasteiger charge is 2.26. The van der Waals surface area contributed by atoms with Gasteiger partial charge < -0.3 is 4.74 Å². The van der Waals surface area contributed by atoms with Crippen LogP contribution in [0, 0.1) is 13.8 Å². The van der Waals surface area contributed by atoms with Crippen LogP contribution in [0.15, 0.2) is 12.1 Å². The molecule has 2 rings (SSSR count). The van der Waals surface area contributed by atoms with Crippen LogP contribution in [0.4, 0.5) is 0 Å². The van der Waals surface area contributed by atoms with Crippen molar-refractivity contribution >= 4 is 5.78 Å². The quantitative estimate of drug-likeness (QED) is 0.762. The first-order valence-electron chi connectivity index (χ1n) is 5.79. The molecule has 1 saturated carbocycles. The maximum atomic E-state index is 11.3. The minimum Gasteiger partial charge on any atom is -0.496 e. The first-order valence-corrected chi connectivity index (χ1v) is 5.79. The maximum Gasteiger partial charge on any atom is 0.133 e. The van der Waals surface area contributed by atoms with Crippen LogP contribution in [0.3, 0.4) is 0 Å². The molecule has 2 nitrogen and oxygen atoms in total. The number of hydrogen-bond acceptors (Lipinski definition) is 2. The number of carbonyl (C=O) groups excluding carboxylic acids is 1. The second-order valence-electron chi connectivity index (χ2n) is 4.61. The first kappa shape index (κ1) is 11.2. The normalized spacial score (nSPS) is 20.2. The van der Waals surface area contributed by atoms with Gasteiger partial charge in [0.1, 0.15) is 11.5 Å². The van der Waals surface area contributed by atoms with E-state index in [1.165, 1.54) is 16.7 Å². The largest absolute Gasteiger partial charge is 0.496 e. The lowest BCUT2D eigenvalue weighted by atomic mass is 9.93. The lowest BCUT2D eigenvalue weighted by Crippen LogP contribution is -2.01. The third-order valence-electron chi connectivity index (χ3n) is 3.60. The first-order chi connectivity index (χ1) is 7.63. The topological polar surface area (TPSA) is 26.3 Å². The van der Waals surface area contributed by atoms with Crippen molar-refractivity contribution in [1.82, 2.24) is 0 Å². The average Bonchev–Trinajstić information content (AvgIpc) is 2.68. The van der Waals surface area contributed by atoms with E-state index in [1.54, 1.807) is 7.11 Å². The van der Waals surface area contributed by atoms with E-state index in [1.807, 2.05) is 0 Å². The SMILES string of the molecule is COc1c(C2CCC(=O)C2)ccc(C)c1C. The van der Waals surface area contributed by atoms with Crippen LogP contribution in [0.5, 0.6) is 5.75 Å². The van der Waals surface area contributed by atoms with Crippen LogP contribution in [0.25, 0.3) is 0 Å². The molecule has 0 aromatic heterocycles. The molecule has 1 aromatic rings. The van der Waals surface area contributed by atoms with Crippen molar-refractivity contribution < 1.29 is 9.53 Å². The Bertz CT molecular complexity index is 421. The molecule has 0 saturated heterocycles. The fourth-order valence-electron chi connectivity index (χ4n) is 2.48. The van der Waals surface area contributed by atoms with Crippen molar-refractivity contribution in [2.75, 3.05) is 7.11 Å². The van der Waals surface area contributed by atoms with Gasteiger partial charge in [-0.05, 0) is 42.9 Å². The van der Waals surface area contributed by atoms with Crippen molar-refractivity contribution in [3.8, 4) is 5.75 Å². The molecule has 86 valence electrons. The van der Waals surface area contributed by atoms with E-state index in [4.69, 9.17) is 4.74 Å². The number of ether oxygens (including phenoxy) is 1. The Kier molecular flexibility index (Phi) is 2.99. The summed E-state index contributed by atoms with van der Waals surface area (Å²) in [5, 5.41) is 0. The van der Waals surface area contributed by atoms with Gasteiger partial charge in [-0.25, -0.2) is 0 Å². The van der Waals surface area contributed by atoms with Crippen molar-refractivity contribution in [3.05, 3.63) is 28.8 Å². The molecule has 0 N–H and O–H groups in total. The van der Waals surface area contributed by atoms with Gasteiger partial charge in [0.05, 0.1) is 7.11 Å². The molecule has 1 aliphatic rings. The van der Waals surface area contributed by atoms with E-state index in [-0.39, 0.29) is 0 Å². The Morgan fingerprint density at radius 1 is 1.31 bits per heavy atom. The fraction of sp³-hybridized carbons (Fsp3) is 0.500. The predicted octanol–water partition coefficient (Wildman–Crippen LogP) is 3.15. The van der Waals surface area contributed by atoms with Gasteiger partial charge >= 0.3 is 0 Å². The maximum absolute atomic E-state index is 11.3. The van der Waals surface area contributed by atoms with Gasteiger partial charge in [-0.2, -0.15) is 0 Å². The fourth-order valence-corrected chi connectivity index (χ4v) is 2.48. The van der Waals surface area contributed by atoms with Crippen LogP contribution in [-0.2, 0) is 4.79 Å². The molecule has 0 amide bonds. The van der Waals surface area contributed by atoms with Gasteiger partial charge in [-0.1, -0.05) is 12.1 Å². The number of methoxy groups -OCH3 is 1. The highest BCUT2D eigenvalue weighted by Crippen LogP contribution is 2.39. The van der Waals surface area contributed by atoms with Gasteiger partial charge in [0, 0.05) is 12.8 Å². The number of benzene rings is 1. The third kappa shape index (κ3) is 1.84. The Morgan fingerprint density at radius 2 is 2.06 bits per heavy atom. The summed E-state index contributed by atoms with van der Waals surface area (Å²) in [6.07, 6.45) is 2.37. The van der Waals surface area contributed by atoms with E-state index >= 15 is 0 Å². The molecule has 2 heteroatoms. The van der Waals surface area contributed by atoms with Crippen LogP contribution >= 0.6 is 0 Å². The molecule has 0 bridgehead atoms. The van der Waals surface area contributed by atoms with Crippen molar-refractivity contribution in [2.45, 2.75) is 39.0 Å². The summed E-state index contributed by atoms with van der Waals surface area (Å²) in [7, 11) is 1.71. The second kappa shape index (κ2) is 4.28. The van der Waals surface area contributed by atoms with Gasteiger partial charge in [0.2, 0.25) is 0 Å². The Labute approximate surface area is 96.6 Å².